The predicted octanol–water partition coefficient (Wildman–Crippen LogP) is 3.85. The Hall–Kier alpha value is -2.07. The maximum Gasteiger partial charge on any atom is 0.117 e. The van der Waals surface area contributed by atoms with Gasteiger partial charge in [0, 0.05) is 19.0 Å². The lowest BCUT2D eigenvalue weighted by atomic mass is 10.3. The molecule has 4 nitrogen and oxygen atoms in total. The smallest absolute Gasteiger partial charge is 0.117 e. The standard InChI is InChI=1S/C19H23N3O/c1-13-11-16(13)19-8-7-15(23-19)12-20-9-10-22-14(2)21-17-5-3-4-6-18(17)22/h3-8,13,16,20H,9-12H2,1-2H3. The van der Waals surface area contributed by atoms with Crippen LogP contribution in [-0.4, -0.2) is 16.1 Å². The number of furan rings is 1. The van der Waals surface area contributed by atoms with Crippen molar-refractivity contribution in [3.05, 3.63) is 53.7 Å². The van der Waals surface area contributed by atoms with Gasteiger partial charge in [0.15, 0.2) is 0 Å². The first-order chi connectivity index (χ1) is 11.2. The number of aromatic nitrogens is 2. The molecule has 1 aliphatic carbocycles. The second-order valence-electron chi connectivity index (χ2n) is 6.60. The number of nitrogens with one attached hydrogen (secondary N) is 1. The van der Waals surface area contributed by atoms with E-state index in [9.17, 15) is 0 Å². The third kappa shape index (κ3) is 2.91. The van der Waals surface area contributed by atoms with Gasteiger partial charge < -0.3 is 14.3 Å². The van der Waals surface area contributed by atoms with Crippen molar-refractivity contribution in [1.29, 1.82) is 0 Å². The Kier molecular flexibility index (Phi) is 3.69. The number of benzene rings is 1. The molecule has 4 heteroatoms. The van der Waals surface area contributed by atoms with Crippen molar-refractivity contribution < 1.29 is 4.42 Å². The van der Waals surface area contributed by atoms with Gasteiger partial charge >= 0.3 is 0 Å². The van der Waals surface area contributed by atoms with E-state index in [0.29, 0.717) is 5.92 Å². The summed E-state index contributed by atoms with van der Waals surface area (Å²) in [4.78, 5) is 4.60. The van der Waals surface area contributed by atoms with Crippen LogP contribution < -0.4 is 5.32 Å². The number of aryl methyl sites for hydroxylation is 1. The average molecular weight is 309 g/mol. The van der Waals surface area contributed by atoms with Crippen LogP contribution in [0.3, 0.4) is 0 Å². The summed E-state index contributed by atoms with van der Waals surface area (Å²) < 4.78 is 8.19. The van der Waals surface area contributed by atoms with Crippen LogP contribution in [0.2, 0.25) is 0 Å². The molecule has 2 aromatic heterocycles. The van der Waals surface area contributed by atoms with E-state index in [2.05, 4.69) is 59.0 Å². The van der Waals surface area contributed by atoms with Gasteiger partial charge in [0.1, 0.15) is 17.3 Å². The monoisotopic (exact) mass is 309 g/mol. The minimum absolute atomic E-state index is 0.656. The molecule has 0 bridgehead atoms. The van der Waals surface area contributed by atoms with E-state index in [1.807, 2.05) is 6.07 Å². The minimum Gasteiger partial charge on any atom is -0.464 e. The fourth-order valence-corrected chi connectivity index (χ4v) is 3.29. The molecular weight excluding hydrogens is 286 g/mol. The van der Waals surface area contributed by atoms with Crippen LogP contribution >= 0.6 is 0 Å². The molecule has 120 valence electrons. The Morgan fingerprint density at radius 2 is 2.09 bits per heavy atom. The molecule has 0 radical (unpaired) electrons. The highest BCUT2D eigenvalue weighted by molar-refractivity contribution is 5.75. The van der Waals surface area contributed by atoms with Gasteiger partial charge in [0.25, 0.3) is 0 Å². The summed E-state index contributed by atoms with van der Waals surface area (Å²) in [5.41, 5.74) is 2.27. The topological polar surface area (TPSA) is 43.0 Å². The van der Waals surface area contributed by atoms with Crippen LogP contribution in [0.25, 0.3) is 11.0 Å². The van der Waals surface area contributed by atoms with Crippen LogP contribution in [0.5, 0.6) is 0 Å². The van der Waals surface area contributed by atoms with Crippen LogP contribution in [0, 0.1) is 12.8 Å². The van der Waals surface area contributed by atoms with Crippen LogP contribution in [0.4, 0.5) is 0 Å². The van der Waals surface area contributed by atoms with E-state index in [-0.39, 0.29) is 0 Å². The highest BCUT2D eigenvalue weighted by atomic mass is 16.3. The molecule has 1 aliphatic rings. The number of para-hydroxylation sites is 2. The van der Waals surface area contributed by atoms with Crippen molar-refractivity contribution in [2.45, 2.75) is 39.3 Å². The number of fused-ring (bicyclic) bond motifs is 1. The number of rotatable bonds is 6. The first-order valence-electron chi connectivity index (χ1n) is 8.43. The normalized spacial score (nSPS) is 20.3. The summed E-state index contributed by atoms with van der Waals surface area (Å²) in [6.07, 6.45) is 1.27. The maximum absolute atomic E-state index is 5.93. The average Bonchev–Trinajstić information content (AvgIpc) is 2.97. The zero-order valence-corrected chi connectivity index (χ0v) is 13.7. The highest BCUT2D eigenvalue weighted by Gasteiger charge is 2.36. The Labute approximate surface area is 136 Å². The Bertz CT molecular complexity index is 817. The summed E-state index contributed by atoms with van der Waals surface area (Å²) in [6, 6.07) is 12.5. The fourth-order valence-electron chi connectivity index (χ4n) is 3.29. The number of hydrogen-bond acceptors (Lipinski definition) is 3. The molecule has 2 heterocycles. The van der Waals surface area contributed by atoms with E-state index in [0.717, 1.165) is 48.4 Å². The first kappa shape index (κ1) is 14.5. The molecule has 1 saturated carbocycles. The van der Waals surface area contributed by atoms with Crippen molar-refractivity contribution >= 4 is 11.0 Å². The molecule has 1 fully saturated rings. The number of hydrogen-bond donors (Lipinski definition) is 1. The number of nitrogens with zero attached hydrogens (tertiary/aromatic N) is 2. The van der Waals surface area contributed by atoms with E-state index in [1.54, 1.807) is 0 Å². The summed E-state index contributed by atoms with van der Waals surface area (Å²) in [7, 11) is 0. The summed E-state index contributed by atoms with van der Waals surface area (Å²) in [5, 5.41) is 3.47. The van der Waals surface area contributed by atoms with Crippen molar-refractivity contribution in [1.82, 2.24) is 14.9 Å². The lowest BCUT2D eigenvalue weighted by Gasteiger charge is -2.07. The molecule has 0 saturated heterocycles. The quantitative estimate of drug-likeness (QED) is 0.703. The summed E-state index contributed by atoms with van der Waals surface area (Å²) in [5.74, 6) is 4.70. The number of imidazole rings is 1. The molecule has 1 N–H and O–H groups in total. The van der Waals surface area contributed by atoms with Gasteiger partial charge in [-0.3, -0.25) is 0 Å². The van der Waals surface area contributed by atoms with E-state index >= 15 is 0 Å². The molecule has 0 spiro atoms. The molecule has 4 rings (SSSR count). The Morgan fingerprint density at radius 1 is 1.26 bits per heavy atom. The Morgan fingerprint density at radius 3 is 2.91 bits per heavy atom. The predicted molar refractivity (Wildman–Crippen MR) is 91.4 cm³/mol. The molecular formula is C19H23N3O. The van der Waals surface area contributed by atoms with Crippen molar-refractivity contribution in [3.8, 4) is 0 Å². The zero-order chi connectivity index (χ0) is 15.8. The van der Waals surface area contributed by atoms with Gasteiger partial charge in [-0.05, 0) is 43.5 Å². The third-order valence-corrected chi connectivity index (χ3v) is 4.81. The molecule has 3 aromatic rings. The fraction of sp³-hybridized carbons (Fsp3) is 0.421. The van der Waals surface area contributed by atoms with Gasteiger partial charge in [-0.25, -0.2) is 4.98 Å². The zero-order valence-electron chi connectivity index (χ0n) is 13.7. The second kappa shape index (κ2) is 5.85. The van der Waals surface area contributed by atoms with E-state index in [1.165, 1.54) is 11.9 Å². The van der Waals surface area contributed by atoms with Crippen molar-refractivity contribution in [3.63, 3.8) is 0 Å². The van der Waals surface area contributed by atoms with Gasteiger partial charge in [-0.1, -0.05) is 19.1 Å². The SMILES string of the molecule is Cc1nc2ccccc2n1CCNCc1ccc(C2CC2C)o1. The molecule has 23 heavy (non-hydrogen) atoms. The third-order valence-electron chi connectivity index (χ3n) is 4.81. The first-order valence-corrected chi connectivity index (χ1v) is 8.43. The van der Waals surface area contributed by atoms with E-state index in [4.69, 9.17) is 4.42 Å². The lowest BCUT2D eigenvalue weighted by molar-refractivity contribution is 0.441. The lowest BCUT2D eigenvalue weighted by Crippen LogP contribution is -2.19. The van der Waals surface area contributed by atoms with Crippen LogP contribution in [0.15, 0.2) is 40.8 Å². The van der Waals surface area contributed by atoms with Gasteiger partial charge in [0.2, 0.25) is 0 Å². The molecule has 2 unspecified atom stereocenters. The van der Waals surface area contributed by atoms with Gasteiger partial charge in [-0.2, -0.15) is 0 Å². The summed E-state index contributed by atoms with van der Waals surface area (Å²) >= 11 is 0. The second-order valence-corrected chi connectivity index (χ2v) is 6.60. The minimum atomic E-state index is 0.656. The highest BCUT2D eigenvalue weighted by Crippen LogP contribution is 2.47. The molecule has 1 aromatic carbocycles. The van der Waals surface area contributed by atoms with Crippen LogP contribution in [-0.2, 0) is 13.1 Å². The Balaban J connectivity index is 1.33. The van der Waals surface area contributed by atoms with Gasteiger partial charge in [0.05, 0.1) is 17.6 Å². The van der Waals surface area contributed by atoms with Crippen LogP contribution in [0.1, 0.15) is 36.6 Å². The molecule has 0 amide bonds. The molecule has 2 atom stereocenters. The largest absolute Gasteiger partial charge is 0.464 e. The van der Waals surface area contributed by atoms with E-state index < -0.39 is 0 Å². The maximum atomic E-state index is 5.93. The van der Waals surface area contributed by atoms with Crippen molar-refractivity contribution in [2.24, 2.45) is 5.92 Å². The van der Waals surface area contributed by atoms with Gasteiger partial charge in [-0.15, -0.1) is 0 Å². The summed E-state index contributed by atoms with van der Waals surface area (Å²) in [6.45, 7) is 6.95. The van der Waals surface area contributed by atoms with Crippen molar-refractivity contribution in [2.75, 3.05) is 6.54 Å². The molecule has 0 aliphatic heterocycles.